The molecule has 2 atom stereocenters. The summed E-state index contributed by atoms with van der Waals surface area (Å²) in [5, 5.41) is 5.31. The average molecular weight is 505 g/mol. The van der Waals surface area contributed by atoms with Crippen LogP contribution >= 0.6 is 0 Å². The molecule has 0 saturated carbocycles. The molecule has 1 aliphatic heterocycles. The van der Waals surface area contributed by atoms with E-state index in [0.29, 0.717) is 31.6 Å². The van der Waals surface area contributed by atoms with Gasteiger partial charge in [-0.15, -0.1) is 0 Å². The number of carbonyl (C=O) groups is 4. The van der Waals surface area contributed by atoms with Gasteiger partial charge in [0.2, 0.25) is 0 Å². The summed E-state index contributed by atoms with van der Waals surface area (Å²) in [7, 11) is 0. The van der Waals surface area contributed by atoms with Gasteiger partial charge in [-0.25, -0.2) is 9.59 Å². The van der Waals surface area contributed by atoms with Crippen LogP contribution in [0.15, 0.2) is 30.3 Å². The topological polar surface area (TPSA) is 120 Å². The normalized spacial score (nSPS) is 16.4. The molecule has 2 unspecified atom stereocenters. The van der Waals surface area contributed by atoms with E-state index in [4.69, 9.17) is 14.2 Å². The van der Waals surface area contributed by atoms with Crippen molar-refractivity contribution >= 4 is 23.8 Å². The number of amides is 2. The van der Waals surface area contributed by atoms with Gasteiger partial charge >= 0.3 is 12.2 Å². The van der Waals surface area contributed by atoms with Gasteiger partial charge in [-0.3, -0.25) is 9.59 Å². The number of alkyl carbamates (subject to hydrolysis) is 2. The highest BCUT2D eigenvalue weighted by Crippen LogP contribution is 2.27. The van der Waals surface area contributed by atoms with Gasteiger partial charge in [0.05, 0.1) is 6.04 Å². The van der Waals surface area contributed by atoms with Gasteiger partial charge in [-0.2, -0.15) is 0 Å². The Labute approximate surface area is 213 Å². The second-order valence-electron chi connectivity index (χ2n) is 11.1. The number of nitrogens with one attached hydrogen (secondary N) is 2. The highest BCUT2D eigenvalue weighted by Gasteiger charge is 2.37. The highest BCUT2D eigenvalue weighted by molar-refractivity contribution is 5.92. The van der Waals surface area contributed by atoms with Crippen molar-refractivity contribution in [1.29, 1.82) is 0 Å². The predicted molar refractivity (Wildman–Crippen MR) is 134 cm³/mol. The molecule has 2 amide bonds. The van der Waals surface area contributed by atoms with Crippen LogP contribution in [0.4, 0.5) is 9.59 Å². The number of benzene rings is 1. The summed E-state index contributed by atoms with van der Waals surface area (Å²) < 4.78 is 15.7. The summed E-state index contributed by atoms with van der Waals surface area (Å²) >= 11 is 0. The first-order valence-corrected chi connectivity index (χ1v) is 12.4. The predicted octanol–water partition coefficient (Wildman–Crippen LogP) is 4.21. The minimum Gasteiger partial charge on any atom is -0.446 e. The van der Waals surface area contributed by atoms with E-state index in [2.05, 4.69) is 10.6 Å². The highest BCUT2D eigenvalue weighted by atomic mass is 16.6. The molecule has 9 heteroatoms. The molecule has 9 nitrogen and oxygen atoms in total. The second kappa shape index (κ2) is 12.9. The number of ketones is 2. The lowest BCUT2D eigenvalue weighted by Gasteiger charge is -2.33. The first-order chi connectivity index (χ1) is 16.8. The van der Waals surface area contributed by atoms with Gasteiger partial charge in [0.15, 0.2) is 11.6 Å². The van der Waals surface area contributed by atoms with Crippen LogP contribution < -0.4 is 10.6 Å². The summed E-state index contributed by atoms with van der Waals surface area (Å²) in [5.41, 5.74) is -0.662. The molecule has 1 aromatic rings. The molecular formula is C27H40N2O7. The molecule has 0 aliphatic carbocycles. The zero-order valence-corrected chi connectivity index (χ0v) is 22.2. The van der Waals surface area contributed by atoms with Crippen LogP contribution in [-0.2, 0) is 23.8 Å². The van der Waals surface area contributed by atoms with E-state index >= 15 is 0 Å². The fourth-order valence-electron chi connectivity index (χ4n) is 3.89. The van der Waals surface area contributed by atoms with Crippen molar-refractivity contribution in [2.45, 2.75) is 66.5 Å². The molecule has 200 valence electrons. The number of carbonyl (C=O) groups excluding carboxylic acids is 4. The first kappa shape index (κ1) is 29.3. The SMILES string of the molecule is CC(C)(C)C(=O)C(NC(=O)OCCOC(=O)NC(C(=O)C(C)(C)C)C1CCOCC1)c1ccccc1. The maximum atomic E-state index is 12.9. The standard InChI is InChI=1S/C27H40N2O7/c1-26(2,3)22(30)20(18-10-8-7-9-11-18)28-24(32)35-16-17-36-25(33)29-21(23(31)27(4,5)6)19-12-14-34-15-13-19/h7-11,19-21H,12-17H2,1-6H3,(H,28,32)(H,29,33). The van der Waals surface area contributed by atoms with Crippen molar-refractivity contribution in [2.75, 3.05) is 26.4 Å². The number of ether oxygens (including phenoxy) is 3. The zero-order valence-electron chi connectivity index (χ0n) is 22.2. The summed E-state index contributed by atoms with van der Waals surface area (Å²) in [6.45, 7) is 11.5. The second-order valence-corrected chi connectivity index (χ2v) is 11.1. The van der Waals surface area contributed by atoms with Crippen LogP contribution in [0.25, 0.3) is 0 Å². The molecule has 1 fully saturated rings. The number of hydrogen-bond acceptors (Lipinski definition) is 7. The summed E-state index contributed by atoms with van der Waals surface area (Å²) in [5.74, 6) is -0.267. The Balaban J connectivity index is 1.88. The Bertz CT molecular complexity index is 897. The largest absolute Gasteiger partial charge is 0.446 e. The molecule has 1 aromatic carbocycles. The fourth-order valence-corrected chi connectivity index (χ4v) is 3.89. The summed E-state index contributed by atoms with van der Waals surface area (Å²) in [4.78, 5) is 50.6. The Kier molecular flexibility index (Phi) is 10.5. The van der Waals surface area contributed by atoms with Gasteiger partial charge in [0.1, 0.15) is 19.3 Å². The monoisotopic (exact) mass is 504 g/mol. The molecule has 1 aliphatic rings. The molecule has 2 rings (SSSR count). The lowest BCUT2D eigenvalue weighted by molar-refractivity contribution is -0.130. The Morgan fingerprint density at radius 3 is 1.83 bits per heavy atom. The quantitative estimate of drug-likeness (QED) is 0.484. The molecule has 0 aromatic heterocycles. The number of hydrogen-bond donors (Lipinski definition) is 2. The maximum Gasteiger partial charge on any atom is 0.408 e. The van der Waals surface area contributed by atoms with Crippen LogP contribution in [0.1, 0.15) is 66.0 Å². The molecule has 0 radical (unpaired) electrons. The van der Waals surface area contributed by atoms with E-state index in [0.717, 1.165) is 0 Å². The molecule has 0 spiro atoms. The molecular weight excluding hydrogens is 464 g/mol. The third kappa shape index (κ3) is 8.93. The van der Waals surface area contributed by atoms with E-state index in [9.17, 15) is 19.2 Å². The van der Waals surface area contributed by atoms with Crippen molar-refractivity contribution in [3.63, 3.8) is 0 Å². The van der Waals surface area contributed by atoms with Gasteiger partial charge < -0.3 is 24.8 Å². The van der Waals surface area contributed by atoms with Crippen LogP contribution in [0.5, 0.6) is 0 Å². The summed E-state index contributed by atoms with van der Waals surface area (Å²) in [6.07, 6.45) is -0.204. The van der Waals surface area contributed by atoms with Crippen molar-refractivity contribution in [2.24, 2.45) is 16.7 Å². The Hall–Kier alpha value is -2.94. The summed E-state index contributed by atoms with van der Waals surface area (Å²) in [6, 6.07) is 7.37. The molecule has 1 heterocycles. The van der Waals surface area contributed by atoms with Crippen molar-refractivity contribution in [3.8, 4) is 0 Å². The minimum atomic E-state index is -0.869. The molecule has 36 heavy (non-hydrogen) atoms. The fraction of sp³-hybridized carbons (Fsp3) is 0.630. The lowest BCUT2D eigenvalue weighted by Crippen LogP contribution is -2.51. The van der Waals surface area contributed by atoms with Crippen LogP contribution in [-0.4, -0.2) is 56.2 Å². The van der Waals surface area contributed by atoms with Gasteiger partial charge in [-0.05, 0) is 24.3 Å². The number of rotatable bonds is 9. The molecule has 1 saturated heterocycles. The lowest BCUT2D eigenvalue weighted by atomic mass is 9.79. The first-order valence-electron chi connectivity index (χ1n) is 12.4. The zero-order chi connectivity index (χ0) is 26.9. The van der Waals surface area contributed by atoms with Crippen molar-refractivity contribution in [1.82, 2.24) is 10.6 Å². The van der Waals surface area contributed by atoms with E-state index in [1.54, 1.807) is 45.0 Å². The Morgan fingerprint density at radius 2 is 1.33 bits per heavy atom. The third-order valence-electron chi connectivity index (χ3n) is 5.98. The van der Waals surface area contributed by atoms with Crippen molar-refractivity contribution < 1.29 is 33.4 Å². The van der Waals surface area contributed by atoms with E-state index in [1.165, 1.54) is 0 Å². The third-order valence-corrected chi connectivity index (χ3v) is 5.98. The van der Waals surface area contributed by atoms with Crippen LogP contribution in [0.2, 0.25) is 0 Å². The van der Waals surface area contributed by atoms with Crippen LogP contribution in [0, 0.1) is 16.7 Å². The average Bonchev–Trinajstić information content (AvgIpc) is 2.83. The maximum absolute atomic E-state index is 12.9. The minimum absolute atomic E-state index is 0.0321. The molecule has 2 N–H and O–H groups in total. The molecule has 0 bridgehead atoms. The van der Waals surface area contributed by atoms with Crippen LogP contribution in [0.3, 0.4) is 0 Å². The van der Waals surface area contributed by atoms with E-state index in [-0.39, 0.29) is 30.7 Å². The van der Waals surface area contributed by atoms with Crippen molar-refractivity contribution in [3.05, 3.63) is 35.9 Å². The van der Waals surface area contributed by atoms with E-state index in [1.807, 2.05) is 26.8 Å². The Morgan fingerprint density at radius 1 is 0.833 bits per heavy atom. The van der Waals surface area contributed by atoms with Gasteiger partial charge in [0, 0.05) is 24.0 Å². The van der Waals surface area contributed by atoms with E-state index < -0.39 is 35.1 Å². The smallest absolute Gasteiger partial charge is 0.408 e. The number of Topliss-reactive ketones (excluding diaryl/α,β-unsaturated/α-hetero) is 2. The van der Waals surface area contributed by atoms with Gasteiger partial charge in [0.25, 0.3) is 0 Å². The van der Waals surface area contributed by atoms with Gasteiger partial charge in [-0.1, -0.05) is 71.9 Å².